The molecule has 3 heteroatoms. The number of aliphatic hydroxyl groups is 1. The van der Waals surface area contributed by atoms with Crippen molar-refractivity contribution in [3.63, 3.8) is 0 Å². The van der Waals surface area contributed by atoms with Crippen molar-refractivity contribution in [2.45, 2.75) is 45.2 Å². The molecule has 2 unspecified atom stereocenters. The van der Waals surface area contributed by atoms with Gasteiger partial charge in [-0.3, -0.25) is 0 Å². The van der Waals surface area contributed by atoms with Gasteiger partial charge in [-0.2, -0.15) is 0 Å². The van der Waals surface area contributed by atoms with Gasteiger partial charge in [-0.25, -0.2) is 0 Å². The number of hydrogen-bond acceptors (Lipinski definition) is 3. The van der Waals surface area contributed by atoms with Crippen molar-refractivity contribution in [3.05, 3.63) is 35.9 Å². The van der Waals surface area contributed by atoms with E-state index in [0.29, 0.717) is 6.04 Å². The maximum absolute atomic E-state index is 9.67. The zero-order valence-corrected chi connectivity index (χ0v) is 13.5. The predicted molar refractivity (Wildman–Crippen MR) is 88.3 cm³/mol. The maximum Gasteiger partial charge on any atom is 0.0626 e. The molecule has 1 saturated heterocycles. The van der Waals surface area contributed by atoms with E-state index in [9.17, 15) is 5.11 Å². The Morgan fingerprint density at radius 3 is 2.48 bits per heavy atom. The van der Waals surface area contributed by atoms with Crippen LogP contribution >= 0.6 is 0 Å². The number of rotatable bonds is 7. The van der Waals surface area contributed by atoms with Crippen LogP contribution in [-0.4, -0.2) is 42.3 Å². The van der Waals surface area contributed by atoms with E-state index >= 15 is 0 Å². The van der Waals surface area contributed by atoms with E-state index in [-0.39, 0.29) is 12.6 Å². The highest BCUT2D eigenvalue weighted by Gasteiger charge is 2.25. The lowest BCUT2D eigenvalue weighted by atomic mass is 9.89. The Balaban J connectivity index is 1.85. The molecule has 2 rings (SSSR count). The highest BCUT2D eigenvalue weighted by molar-refractivity contribution is 5.19. The monoisotopic (exact) mass is 290 g/mol. The molecule has 0 aromatic heterocycles. The molecule has 0 radical (unpaired) electrons. The Kier molecular flexibility index (Phi) is 6.68. The van der Waals surface area contributed by atoms with E-state index in [1.54, 1.807) is 0 Å². The van der Waals surface area contributed by atoms with Gasteiger partial charge in [0.15, 0.2) is 0 Å². The number of nitrogens with one attached hydrogen (secondary N) is 1. The normalized spacial score (nSPS) is 20.3. The van der Waals surface area contributed by atoms with Gasteiger partial charge in [0.05, 0.1) is 12.6 Å². The predicted octanol–water partition coefficient (Wildman–Crippen LogP) is 2.82. The minimum Gasteiger partial charge on any atom is -0.394 e. The van der Waals surface area contributed by atoms with E-state index in [4.69, 9.17) is 0 Å². The zero-order chi connectivity index (χ0) is 15.1. The Labute approximate surface area is 129 Å². The number of aliphatic hydroxyl groups excluding tert-OH is 1. The summed E-state index contributed by atoms with van der Waals surface area (Å²) in [6.07, 6.45) is 3.78. The Bertz CT molecular complexity index is 387. The largest absolute Gasteiger partial charge is 0.394 e. The van der Waals surface area contributed by atoms with Gasteiger partial charge in [-0.1, -0.05) is 37.3 Å². The summed E-state index contributed by atoms with van der Waals surface area (Å²) in [5.41, 5.74) is 1.18. The SMILES string of the molecule is CCCN1CCC(C(C)NC(CO)c2ccccc2)CC1. The van der Waals surface area contributed by atoms with Gasteiger partial charge in [0.2, 0.25) is 0 Å². The van der Waals surface area contributed by atoms with Crippen molar-refractivity contribution in [1.29, 1.82) is 0 Å². The third-order valence-corrected chi connectivity index (χ3v) is 4.73. The number of nitrogens with zero attached hydrogens (tertiary/aromatic N) is 1. The third-order valence-electron chi connectivity index (χ3n) is 4.73. The number of benzene rings is 1. The summed E-state index contributed by atoms with van der Waals surface area (Å²) < 4.78 is 0. The molecule has 0 amide bonds. The first-order chi connectivity index (χ1) is 10.2. The third kappa shape index (κ3) is 4.80. The minimum absolute atomic E-state index is 0.0508. The standard InChI is InChI=1S/C18H30N2O/c1-3-11-20-12-9-16(10-13-20)15(2)19-18(14-21)17-7-5-4-6-8-17/h4-8,15-16,18-19,21H,3,9-14H2,1-2H3. The summed E-state index contributed by atoms with van der Waals surface area (Å²) in [5.74, 6) is 0.718. The lowest BCUT2D eigenvalue weighted by Crippen LogP contribution is -2.43. The Morgan fingerprint density at radius 1 is 1.24 bits per heavy atom. The first kappa shape index (κ1) is 16.5. The fourth-order valence-corrected chi connectivity index (χ4v) is 3.39. The van der Waals surface area contributed by atoms with Crippen molar-refractivity contribution in [2.24, 2.45) is 5.92 Å². The molecule has 2 N–H and O–H groups in total. The van der Waals surface area contributed by atoms with Crippen LogP contribution in [0.2, 0.25) is 0 Å². The van der Waals surface area contributed by atoms with E-state index in [1.165, 1.54) is 44.5 Å². The molecule has 0 saturated carbocycles. The lowest BCUT2D eigenvalue weighted by molar-refractivity contribution is 0.149. The van der Waals surface area contributed by atoms with E-state index in [0.717, 1.165) is 5.92 Å². The van der Waals surface area contributed by atoms with Crippen LogP contribution in [0.1, 0.15) is 44.7 Å². The van der Waals surface area contributed by atoms with Crippen molar-refractivity contribution in [2.75, 3.05) is 26.2 Å². The van der Waals surface area contributed by atoms with Crippen molar-refractivity contribution in [1.82, 2.24) is 10.2 Å². The number of piperidine rings is 1. The highest BCUT2D eigenvalue weighted by Crippen LogP contribution is 2.23. The average Bonchev–Trinajstić information content (AvgIpc) is 2.54. The van der Waals surface area contributed by atoms with Gasteiger partial charge in [-0.05, 0) is 57.3 Å². The van der Waals surface area contributed by atoms with Crippen LogP contribution in [0.25, 0.3) is 0 Å². The van der Waals surface area contributed by atoms with Gasteiger partial charge >= 0.3 is 0 Å². The zero-order valence-electron chi connectivity index (χ0n) is 13.5. The molecule has 1 fully saturated rings. The maximum atomic E-state index is 9.67. The molecule has 3 nitrogen and oxygen atoms in total. The molecule has 0 aliphatic carbocycles. The quantitative estimate of drug-likeness (QED) is 0.810. The molecule has 2 atom stereocenters. The Morgan fingerprint density at radius 2 is 1.90 bits per heavy atom. The summed E-state index contributed by atoms with van der Waals surface area (Å²) in [6.45, 7) is 8.36. The topological polar surface area (TPSA) is 35.5 Å². The number of likely N-dealkylation sites (tertiary alicyclic amines) is 1. The first-order valence-corrected chi connectivity index (χ1v) is 8.38. The summed E-state index contributed by atoms with van der Waals surface area (Å²) in [5, 5.41) is 13.3. The second-order valence-electron chi connectivity index (χ2n) is 6.28. The summed E-state index contributed by atoms with van der Waals surface area (Å²) in [6, 6.07) is 10.8. The molecule has 21 heavy (non-hydrogen) atoms. The molecule has 118 valence electrons. The van der Waals surface area contributed by atoms with E-state index in [1.807, 2.05) is 18.2 Å². The first-order valence-electron chi connectivity index (χ1n) is 8.38. The molecule has 1 heterocycles. The molecule has 0 bridgehead atoms. The van der Waals surface area contributed by atoms with Crippen LogP contribution in [0.3, 0.4) is 0 Å². The van der Waals surface area contributed by atoms with Crippen molar-refractivity contribution in [3.8, 4) is 0 Å². The molecular weight excluding hydrogens is 260 g/mol. The van der Waals surface area contributed by atoms with Gasteiger partial charge in [0.25, 0.3) is 0 Å². The van der Waals surface area contributed by atoms with Crippen LogP contribution in [0.5, 0.6) is 0 Å². The van der Waals surface area contributed by atoms with Gasteiger partial charge in [0.1, 0.15) is 0 Å². The van der Waals surface area contributed by atoms with Gasteiger partial charge in [0, 0.05) is 6.04 Å². The smallest absolute Gasteiger partial charge is 0.0626 e. The van der Waals surface area contributed by atoms with E-state index < -0.39 is 0 Å². The lowest BCUT2D eigenvalue weighted by Gasteiger charge is -2.36. The minimum atomic E-state index is 0.0508. The fraction of sp³-hybridized carbons (Fsp3) is 0.667. The highest BCUT2D eigenvalue weighted by atomic mass is 16.3. The summed E-state index contributed by atoms with van der Waals surface area (Å²) in [7, 11) is 0. The van der Waals surface area contributed by atoms with Crippen LogP contribution in [0.4, 0.5) is 0 Å². The molecule has 1 aromatic rings. The average molecular weight is 290 g/mol. The molecule has 1 aromatic carbocycles. The summed E-state index contributed by atoms with van der Waals surface area (Å²) in [4.78, 5) is 2.57. The van der Waals surface area contributed by atoms with Crippen molar-refractivity contribution < 1.29 is 5.11 Å². The van der Waals surface area contributed by atoms with Crippen LogP contribution in [0.15, 0.2) is 30.3 Å². The van der Waals surface area contributed by atoms with Crippen LogP contribution < -0.4 is 5.32 Å². The number of hydrogen-bond donors (Lipinski definition) is 2. The Hall–Kier alpha value is -0.900. The second kappa shape index (κ2) is 8.52. The molecule has 1 aliphatic heterocycles. The van der Waals surface area contributed by atoms with E-state index in [2.05, 4.69) is 36.2 Å². The van der Waals surface area contributed by atoms with Crippen molar-refractivity contribution >= 4 is 0 Å². The van der Waals surface area contributed by atoms with Gasteiger partial charge < -0.3 is 15.3 Å². The van der Waals surface area contributed by atoms with Crippen LogP contribution in [-0.2, 0) is 0 Å². The summed E-state index contributed by atoms with van der Waals surface area (Å²) >= 11 is 0. The van der Waals surface area contributed by atoms with Gasteiger partial charge in [-0.15, -0.1) is 0 Å². The second-order valence-corrected chi connectivity index (χ2v) is 6.28. The fourth-order valence-electron chi connectivity index (χ4n) is 3.39. The van der Waals surface area contributed by atoms with Crippen LogP contribution in [0, 0.1) is 5.92 Å². The molecular formula is C18H30N2O. The molecule has 0 spiro atoms. The molecule has 1 aliphatic rings.